The molecule has 1 aromatic carbocycles. The lowest BCUT2D eigenvalue weighted by atomic mass is 10.2. The number of benzene rings is 1. The molecule has 0 bridgehead atoms. The maximum atomic E-state index is 8.53. The lowest BCUT2D eigenvalue weighted by Gasteiger charge is -2.19. The van der Waals surface area contributed by atoms with Gasteiger partial charge in [0.1, 0.15) is 0 Å². The molecule has 0 saturated carbocycles. The van der Waals surface area contributed by atoms with Crippen LogP contribution >= 0.6 is 11.6 Å². The van der Waals surface area contributed by atoms with Gasteiger partial charge in [-0.15, -0.1) is 0 Å². The predicted molar refractivity (Wildman–Crippen MR) is 70.4 cm³/mol. The Hall–Kier alpha value is -1.24. The number of nitriles is 1. The maximum absolute atomic E-state index is 8.53. The number of anilines is 1. The normalized spacial score (nSPS) is 19.4. The van der Waals surface area contributed by atoms with Gasteiger partial charge in [0.2, 0.25) is 0 Å². The minimum Gasteiger partial charge on any atom is -0.370 e. The zero-order chi connectivity index (χ0) is 12.3. The number of hydrogen-bond acceptors (Lipinski definition) is 3. The largest absolute Gasteiger partial charge is 0.370 e. The summed E-state index contributed by atoms with van der Waals surface area (Å²) >= 11 is 6.13. The van der Waals surface area contributed by atoms with Crippen molar-refractivity contribution < 1.29 is 0 Å². The van der Waals surface area contributed by atoms with E-state index in [9.17, 15) is 0 Å². The van der Waals surface area contributed by atoms with Gasteiger partial charge in [0.15, 0.2) is 0 Å². The van der Waals surface area contributed by atoms with Crippen LogP contribution in [0, 0.1) is 18.3 Å². The first-order chi connectivity index (χ1) is 8.20. The van der Waals surface area contributed by atoms with Crippen LogP contribution in [0.3, 0.4) is 0 Å². The number of nitrogens with zero attached hydrogens (tertiary/aromatic N) is 2. The molecule has 1 heterocycles. The summed E-state index contributed by atoms with van der Waals surface area (Å²) in [7, 11) is 0. The van der Waals surface area contributed by atoms with E-state index in [1.54, 1.807) is 0 Å². The minimum atomic E-state index is 0.412. The van der Waals surface area contributed by atoms with Gasteiger partial charge in [0.25, 0.3) is 0 Å². The molecule has 3 nitrogen and oxygen atoms in total. The molecule has 0 amide bonds. The smallest absolute Gasteiger partial charge is 0.0843 e. The molecule has 4 heteroatoms. The molecule has 1 fully saturated rings. The summed E-state index contributed by atoms with van der Waals surface area (Å²) in [5, 5.41) is 12.6. The standard InChI is InChI=1S/C13H16ClN3/c1-10-2-3-12(8-13(10)14)17-7-4-11(9-17)16-6-5-15/h2-3,8,11,16H,4,6-7,9H2,1H3. The first-order valence-electron chi connectivity index (χ1n) is 5.82. The molecule has 0 aliphatic carbocycles. The Morgan fingerprint density at radius 3 is 3.12 bits per heavy atom. The van der Waals surface area contributed by atoms with Crippen molar-refractivity contribution in [2.45, 2.75) is 19.4 Å². The summed E-state index contributed by atoms with van der Waals surface area (Å²) in [6.07, 6.45) is 1.08. The molecule has 0 aromatic heterocycles. The van der Waals surface area contributed by atoms with E-state index >= 15 is 0 Å². The van der Waals surface area contributed by atoms with Crippen molar-refractivity contribution in [1.82, 2.24) is 5.32 Å². The van der Waals surface area contributed by atoms with Crippen LogP contribution in [0.5, 0.6) is 0 Å². The molecular weight excluding hydrogens is 234 g/mol. The first kappa shape index (κ1) is 12.2. The Morgan fingerprint density at radius 2 is 2.41 bits per heavy atom. The van der Waals surface area contributed by atoms with Gasteiger partial charge in [0.05, 0.1) is 12.6 Å². The van der Waals surface area contributed by atoms with Gasteiger partial charge in [0, 0.05) is 29.8 Å². The fourth-order valence-corrected chi connectivity index (χ4v) is 2.30. The highest BCUT2D eigenvalue weighted by Crippen LogP contribution is 2.25. The second-order valence-corrected chi connectivity index (χ2v) is 4.81. The van der Waals surface area contributed by atoms with Crippen LogP contribution in [0.15, 0.2) is 18.2 Å². The number of hydrogen-bond donors (Lipinski definition) is 1. The molecule has 0 spiro atoms. The molecule has 17 heavy (non-hydrogen) atoms. The molecule has 1 aliphatic rings. The van der Waals surface area contributed by atoms with Gasteiger partial charge >= 0.3 is 0 Å². The summed E-state index contributed by atoms with van der Waals surface area (Å²) in [6.45, 7) is 4.39. The molecule has 1 unspecified atom stereocenters. The van der Waals surface area contributed by atoms with Crippen molar-refractivity contribution in [2.24, 2.45) is 0 Å². The summed E-state index contributed by atoms with van der Waals surface area (Å²) < 4.78 is 0. The van der Waals surface area contributed by atoms with E-state index in [2.05, 4.69) is 22.4 Å². The molecule has 1 saturated heterocycles. The molecule has 2 rings (SSSR count). The third kappa shape index (κ3) is 2.91. The SMILES string of the molecule is Cc1ccc(N2CCC(NCC#N)C2)cc1Cl. The third-order valence-electron chi connectivity index (χ3n) is 3.18. The topological polar surface area (TPSA) is 39.1 Å². The minimum absolute atomic E-state index is 0.412. The molecule has 0 radical (unpaired) electrons. The highest BCUT2D eigenvalue weighted by Gasteiger charge is 2.22. The van der Waals surface area contributed by atoms with Gasteiger partial charge < -0.3 is 4.90 Å². The average Bonchev–Trinajstić information content (AvgIpc) is 2.79. The number of halogens is 1. The second kappa shape index (κ2) is 5.39. The van der Waals surface area contributed by atoms with Gasteiger partial charge in [-0.05, 0) is 31.0 Å². The Bertz CT molecular complexity index is 439. The first-order valence-corrected chi connectivity index (χ1v) is 6.20. The van der Waals surface area contributed by atoms with Gasteiger partial charge in [-0.25, -0.2) is 0 Å². The molecular formula is C13H16ClN3. The van der Waals surface area contributed by atoms with E-state index in [0.717, 1.165) is 30.1 Å². The van der Waals surface area contributed by atoms with E-state index in [1.165, 1.54) is 5.69 Å². The van der Waals surface area contributed by atoms with Crippen molar-refractivity contribution >= 4 is 17.3 Å². The predicted octanol–water partition coefficient (Wildman–Crippen LogP) is 2.34. The van der Waals surface area contributed by atoms with Crippen LogP contribution in [-0.2, 0) is 0 Å². The zero-order valence-corrected chi connectivity index (χ0v) is 10.7. The van der Waals surface area contributed by atoms with E-state index in [0.29, 0.717) is 12.6 Å². The zero-order valence-electron chi connectivity index (χ0n) is 9.91. The van der Waals surface area contributed by atoms with Crippen LogP contribution in [0.4, 0.5) is 5.69 Å². The van der Waals surface area contributed by atoms with Crippen LogP contribution < -0.4 is 10.2 Å². The number of rotatable bonds is 3. The third-order valence-corrected chi connectivity index (χ3v) is 3.59. The van der Waals surface area contributed by atoms with Gasteiger partial charge in [-0.3, -0.25) is 5.32 Å². The Balaban J connectivity index is 2.00. The Morgan fingerprint density at radius 1 is 1.59 bits per heavy atom. The molecule has 1 aliphatic heterocycles. The van der Waals surface area contributed by atoms with Crippen molar-refractivity contribution in [1.29, 1.82) is 5.26 Å². The highest BCUT2D eigenvalue weighted by molar-refractivity contribution is 6.31. The summed E-state index contributed by atoms with van der Waals surface area (Å²) in [5.41, 5.74) is 2.27. The van der Waals surface area contributed by atoms with E-state index in [1.807, 2.05) is 19.1 Å². The van der Waals surface area contributed by atoms with Crippen molar-refractivity contribution in [3.8, 4) is 6.07 Å². The van der Waals surface area contributed by atoms with E-state index in [4.69, 9.17) is 16.9 Å². The van der Waals surface area contributed by atoms with Gasteiger partial charge in [-0.1, -0.05) is 17.7 Å². The Labute approximate surface area is 107 Å². The second-order valence-electron chi connectivity index (χ2n) is 4.40. The fraction of sp³-hybridized carbons (Fsp3) is 0.462. The molecule has 1 aromatic rings. The van der Waals surface area contributed by atoms with Crippen LogP contribution in [0.2, 0.25) is 5.02 Å². The highest BCUT2D eigenvalue weighted by atomic mass is 35.5. The fourth-order valence-electron chi connectivity index (χ4n) is 2.13. The van der Waals surface area contributed by atoms with Gasteiger partial charge in [-0.2, -0.15) is 5.26 Å². The van der Waals surface area contributed by atoms with Crippen LogP contribution in [0.1, 0.15) is 12.0 Å². The molecule has 1 N–H and O–H groups in total. The summed E-state index contributed by atoms with van der Waals surface area (Å²) in [5.74, 6) is 0. The van der Waals surface area contributed by atoms with Crippen molar-refractivity contribution in [2.75, 3.05) is 24.5 Å². The summed E-state index contributed by atoms with van der Waals surface area (Å²) in [6, 6.07) is 8.70. The average molecular weight is 250 g/mol. The monoisotopic (exact) mass is 249 g/mol. The lowest BCUT2D eigenvalue weighted by molar-refractivity contribution is 0.591. The maximum Gasteiger partial charge on any atom is 0.0843 e. The quantitative estimate of drug-likeness (QED) is 0.836. The Kier molecular flexibility index (Phi) is 3.88. The van der Waals surface area contributed by atoms with Crippen LogP contribution in [0.25, 0.3) is 0 Å². The number of aryl methyl sites for hydroxylation is 1. The van der Waals surface area contributed by atoms with Crippen molar-refractivity contribution in [3.05, 3.63) is 28.8 Å². The van der Waals surface area contributed by atoms with E-state index in [-0.39, 0.29) is 0 Å². The number of nitrogens with one attached hydrogen (secondary N) is 1. The molecule has 1 atom stereocenters. The lowest BCUT2D eigenvalue weighted by Crippen LogP contribution is -2.32. The molecule has 90 valence electrons. The van der Waals surface area contributed by atoms with Crippen LogP contribution in [-0.4, -0.2) is 25.7 Å². The van der Waals surface area contributed by atoms with E-state index < -0.39 is 0 Å². The van der Waals surface area contributed by atoms with Crippen molar-refractivity contribution in [3.63, 3.8) is 0 Å². The summed E-state index contributed by atoms with van der Waals surface area (Å²) in [4.78, 5) is 2.31.